The molecule has 0 saturated heterocycles. The number of halogens is 1. The van der Waals surface area contributed by atoms with E-state index in [2.05, 4.69) is 5.32 Å². The Morgan fingerprint density at radius 1 is 1.36 bits per heavy atom. The summed E-state index contributed by atoms with van der Waals surface area (Å²) in [6.45, 7) is 0.205. The number of fused-ring (bicyclic) bond motifs is 1. The first-order valence-electron chi connectivity index (χ1n) is 7.57. The van der Waals surface area contributed by atoms with Crippen molar-refractivity contribution in [3.8, 4) is 5.75 Å². The molecule has 1 unspecified atom stereocenters. The highest BCUT2D eigenvalue weighted by atomic mass is 35.5. The van der Waals surface area contributed by atoms with Gasteiger partial charge in [0.25, 0.3) is 11.6 Å². The lowest BCUT2D eigenvalue weighted by atomic mass is 9.88. The largest absolute Gasteiger partial charge is 0.493 e. The molecule has 2 aromatic carbocycles. The van der Waals surface area contributed by atoms with Crippen molar-refractivity contribution < 1.29 is 19.6 Å². The molecule has 25 heavy (non-hydrogen) atoms. The van der Waals surface area contributed by atoms with Crippen LogP contribution in [-0.4, -0.2) is 29.1 Å². The van der Waals surface area contributed by atoms with E-state index in [1.807, 2.05) is 0 Å². The van der Waals surface area contributed by atoms with E-state index in [4.69, 9.17) is 16.3 Å². The monoisotopic (exact) mass is 362 g/mol. The van der Waals surface area contributed by atoms with Crippen molar-refractivity contribution in [2.75, 3.05) is 13.2 Å². The Bertz CT molecular complexity index is 842. The van der Waals surface area contributed by atoms with E-state index in [9.17, 15) is 20.0 Å². The molecular formula is C17H15ClN2O5. The highest BCUT2D eigenvalue weighted by molar-refractivity contribution is 6.31. The lowest BCUT2D eigenvalue weighted by Crippen LogP contribution is -2.44. The molecule has 3 rings (SSSR count). The first-order valence-corrected chi connectivity index (χ1v) is 7.95. The summed E-state index contributed by atoms with van der Waals surface area (Å²) in [6.07, 6.45) is 0.294. The molecule has 130 valence electrons. The number of nitrogens with one attached hydrogen (secondary N) is 1. The highest BCUT2D eigenvalue weighted by Crippen LogP contribution is 2.36. The fourth-order valence-corrected chi connectivity index (χ4v) is 2.97. The number of hydrogen-bond acceptors (Lipinski definition) is 5. The molecule has 0 saturated carbocycles. The number of rotatable bonds is 4. The average molecular weight is 363 g/mol. The summed E-state index contributed by atoms with van der Waals surface area (Å²) in [5.74, 6) is -0.120. The van der Waals surface area contributed by atoms with E-state index in [1.165, 1.54) is 18.2 Å². The van der Waals surface area contributed by atoms with Crippen molar-refractivity contribution in [1.82, 2.24) is 5.32 Å². The number of hydrogen-bond donors (Lipinski definition) is 2. The number of benzene rings is 2. The molecule has 1 aliphatic rings. The molecule has 0 spiro atoms. The minimum Gasteiger partial charge on any atom is -0.493 e. The zero-order valence-corrected chi connectivity index (χ0v) is 13.8. The number of carbonyl (C=O) groups is 1. The van der Waals surface area contributed by atoms with Gasteiger partial charge in [0, 0.05) is 23.1 Å². The minimum atomic E-state index is -1.31. The molecule has 1 amide bonds. The van der Waals surface area contributed by atoms with Crippen molar-refractivity contribution in [3.05, 3.63) is 68.7 Å². The van der Waals surface area contributed by atoms with E-state index >= 15 is 0 Å². The van der Waals surface area contributed by atoms with E-state index in [0.29, 0.717) is 24.3 Å². The lowest BCUT2D eigenvalue weighted by molar-refractivity contribution is -0.385. The fraction of sp³-hybridized carbons (Fsp3) is 0.235. The molecule has 2 N–H and O–H groups in total. The van der Waals surface area contributed by atoms with Gasteiger partial charge in [-0.15, -0.1) is 0 Å². The Kier molecular flexibility index (Phi) is 4.61. The third kappa shape index (κ3) is 3.42. The van der Waals surface area contributed by atoms with Crippen molar-refractivity contribution in [1.29, 1.82) is 0 Å². The summed E-state index contributed by atoms with van der Waals surface area (Å²) < 4.78 is 5.50. The maximum absolute atomic E-state index is 12.4. The summed E-state index contributed by atoms with van der Waals surface area (Å²) in [7, 11) is 0. The predicted octanol–water partition coefficient (Wildman–Crippen LogP) is 2.65. The Hall–Kier alpha value is -2.64. The topological polar surface area (TPSA) is 102 Å². The van der Waals surface area contributed by atoms with Gasteiger partial charge in [0.1, 0.15) is 16.9 Å². The Balaban J connectivity index is 1.82. The van der Waals surface area contributed by atoms with Crippen molar-refractivity contribution in [2.45, 2.75) is 12.0 Å². The van der Waals surface area contributed by atoms with Gasteiger partial charge >= 0.3 is 0 Å². The van der Waals surface area contributed by atoms with Gasteiger partial charge in [-0.05, 0) is 18.2 Å². The number of amides is 1. The molecule has 0 aromatic heterocycles. The van der Waals surface area contributed by atoms with E-state index < -0.39 is 16.4 Å². The number of ether oxygens (including phenoxy) is 1. The first-order chi connectivity index (χ1) is 11.9. The van der Waals surface area contributed by atoms with E-state index in [-0.39, 0.29) is 22.8 Å². The lowest BCUT2D eigenvalue weighted by Gasteiger charge is -2.34. The van der Waals surface area contributed by atoms with E-state index in [0.717, 1.165) is 0 Å². The number of aliphatic hydroxyl groups is 1. The zero-order chi connectivity index (χ0) is 18.0. The fourth-order valence-electron chi connectivity index (χ4n) is 2.80. The number of nitro groups is 1. The number of carbonyl (C=O) groups excluding carboxylic acids is 1. The van der Waals surface area contributed by atoms with Crippen LogP contribution in [0.1, 0.15) is 22.3 Å². The van der Waals surface area contributed by atoms with Crippen LogP contribution in [0.3, 0.4) is 0 Å². The van der Waals surface area contributed by atoms with Gasteiger partial charge < -0.3 is 15.2 Å². The molecule has 8 heteroatoms. The van der Waals surface area contributed by atoms with Gasteiger partial charge in [-0.2, -0.15) is 0 Å². The van der Waals surface area contributed by atoms with Crippen molar-refractivity contribution >= 4 is 23.2 Å². The molecule has 1 atom stereocenters. The zero-order valence-electron chi connectivity index (χ0n) is 13.1. The van der Waals surface area contributed by atoms with Crippen LogP contribution in [0.25, 0.3) is 0 Å². The Morgan fingerprint density at radius 2 is 2.12 bits per heavy atom. The summed E-state index contributed by atoms with van der Waals surface area (Å²) in [5, 5.41) is 24.8. The van der Waals surface area contributed by atoms with Crippen molar-refractivity contribution in [3.63, 3.8) is 0 Å². The van der Waals surface area contributed by atoms with Gasteiger partial charge in [-0.25, -0.2) is 0 Å². The maximum Gasteiger partial charge on any atom is 0.282 e. The normalized spacial score (nSPS) is 18.8. The van der Waals surface area contributed by atoms with Crippen LogP contribution >= 0.6 is 11.6 Å². The highest BCUT2D eigenvalue weighted by Gasteiger charge is 2.36. The first kappa shape index (κ1) is 17.2. The molecule has 1 aliphatic heterocycles. The maximum atomic E-state index is 12.4. The predicted molar refractivity (Wildman–Crippen MR) is 90.9 cm³/mol. The second kappa shape index (κ2) is 6.70. The van der Waals surface area contributed by atoms with Gasteiger partial charge in [0.2, 0.25) is 0 Å². The van der Waals surface area contributed by atoms with Gasteiger partial charge in [0.15, 0.2) is 0 Å². The molecule has 7 nitrogen and oxygen atoms in total. The van der Waals surface area contributed by atoms with Gasteiger partial charge in [-0.3, -0.25) is 14.9 Å². The number of nitrogens with zero attached hydrogens (tertiary/aromatic N) is 1. The molecule has 0 radical (unpaired) electrons. The summed E-state index contributed by atoms with van der Waals surface area (Å²) in [5.41, 5.74) is -1.23. The van der Waals surface area contributed by atoms with Crippen LogP contribution in [0.2, 0.25) is 5.02 Å². The van der Waals surface area contributed by atoms with E-state index in [1.54, 1.807) is 24.3 Å². The summed E-state index contributed by atoms with van der Waals surface area (Å²) >= 11 is 5.84. The molecule has 0 bridgehead atoms. The van der Waals surface area contributed by atoms with Gasteiger partial charge in [-0.1, -0.05) is 29.8 Å². The number of para-hydroxylation sites is 1. The van der Waals surface area contributed by atoms with Crippen LogP contribution in [0.5, 0.6) is 5.75 Å². The number of nitro benzene ring substituents is 1. The Morgan fingerprint density at radius 3 is 2.88 bits per heavy atom. The van der Waals surface area contributed by atoms with Crippen LogP contribution in [0.4, 0.5) is 5.69 Å². The van der Waals surface area contributed by atoms with Crippen LogP contribution in [0, 0.1) is 10.1 Å². The standard InChI is InChI=1S/C17H15ClN2O5/c18-11-5-6-14(20(23)24)12(9-11)16(21)19-10-17(22)7-8-25-15-4-2-1-3-13(15)17/h1-6,9,22H,7-8,10H2,(H,19,21). The summed E-state index contributed by atoms with van der Waals surface area (Å²) in [4.78, 5) is 22.8. The summed E-state index contributed by atoms with van der Waals surface area (Å²) in [6, 6.07) is 10.8. The smallest absolute Gasteiger partial charge is 0.282 e. The molecule has 1 heterocycles. The third-order valence-corrected chi connectivity index (χ3v) is 4.34. The molecular weight excluding hydrogens is 348 g/mol. The second-order valence-electron chi connectivity index (χ2n) is 5.73. The third-order valence-electron chi connectivity index (χ3n) is 4.10. The van der Waals surface area contributed by atoms with Gasteiger partial charge in [0.05, 0.1) is 18.1 Å². The van der Waals surface area contributed by atoms with Crippen LogP contribution in [-0.2, 0) is 5.60 Å². The molecule has 2 aromatic rings. The van der Waals surface area contributed by atoms with Crippen LogP contribution < -0.4 is 10.1 Å². The molecule has 0 fully saturated rings. The minimum absolute atomic E-state index is 0.101. The quantitative estimate of drug-likeness (QED) is 0.643. The van der Waals surface area contributed by atoms with Crippen LogP contribution in [0.15, 0.2) is 42.5 Å². The Labute approximate surface area is 148 Å². The van der Waals surface area contributed by atoms with Crippen molar-refractivity contribution in [2.24, 2.45) is 0 Å². The SMILES string of the molecule is O=C(NCC1(O)CCOc2ccccc21)c1cc(Cl)ccc1[N+](=O)[O-]. The molecule has 0 aliphatic carbocycles. The average Bonchev–Trinajstić information content (AvgIpc) is 2.60. The second-order valence-corrected chi connectivity index (χ2v) is 6.16.